The fourth-order valence-electron chi connectivity index (χ4n) is 9.59. The number of methoxy groups -OCH3 is 2. The number of halogens is 8. The molecule has 10 rings (SSSR count). The van der Waals surface area contributed by atoms with Gasteiger partial charge in [0, 0.05) is 73.9 Å². The zero-order chi connectivity index (χ0) is 61.1. The molecular weight excluding hydrogens is 1140 g/mol. The maximum Gasteiger partial charge on any atom is 0.426 e. The Morgan fingerprint density at radius 3 is 1.48 bits per heavy atom. The van der Waals surface area contributed by atoms with E-state index in [0.717, 1.165) is 0 Å². The first-order valence-corrected chi connectivity index (χ1v) is 24.8. The second-order valence-corrected chi connectivity index (χ2v) is 19.9. The summed E-state index contributed by atoms with van der Waals surface area (Å²) < 4.78 is 124. The number of aliphatic hydroxyl groups is 2. The van der Waals surface area contributed by atoms with Crippen molar-refractivity contribution < 1.29 is 74.0 Å². The van der Waals surface area contributed by atoms with Crippen LogP contribution in [0.3, 0.4) is 0 Å². The van der Waals surface area contributed by atoms with Gasteiger partial charge < -0.3 is 41.0 Å². The van der Waals surface area contributed by atoms with Crippen molar-refractivity contribution >= 4 is 46.0 Å². The Hall–Kier alpha value is -9.48. The summed E-state index contributed by atoms with van der Waals surface area (Å²) in [6, 6.07) is 6.19. The average molecular weight is 1190 g/mol. The fourth-order valence-corrected chi connectivity index (χ4v) is 9.59. The summed E-state index contributed by atoms with van der Waals surface area (Å²) in [6.45, 7) is -1.81. The van der Waals surface area contributed by atoms with Gasteiger partial charge in [0.2, 0.25) is 28.8 Å². The fraction of sp³-hybridized carbons (Fsp3) is 0.417. The molecule has 2 saturated heterocycles. The number of rotatable bonds is 14. The molecule has 36 heteroatoms. The lowest BCUT2D eigenvalue weighted by Crippen LogP contribution is -2.55. The van der Waals surface area contributed by atoms with Gasteiger partial charge in [0.1, 0.15) is 36.0 Å². The van der Waals surface area contributed by atoms with Gasteiger partial charge in [0.05, 0.1) is 62.4 Å². The highest BCUT2D eigenvalue weighted by Crippen LogP contribution is 2.41. The van der Waals surface area contributed by atoms with Gasteiger partial charge in [-0.25, -0.2) is 42.4 Å². The number of pyridine rings is 2. The van der Waals surface area contributed by atoms with E-state index in [-0.39, 0.29) is 40.3 Å². The molecule has 2 fully saturated rings. The number of tetrazole rings is 2. The number of likely N-dealkylation sites (tertiary alicyclic amines) is 2. The molecule has 2 aliphatic heterocycles. The van der Waals surface area contributed by atoms with Gasteiger partial charge >= 0.3 is 12.4 Å². The number of alkyl halides is 8. The van der Waals surface area contributed by atoms with Crippen LogP contribution in [0.4, 0.5) is 46.8 Å². The first kappa shape index (κ1) is 59.2. The number of hydrogen-bond acceptors (Lipinski definition) is 22. The number of nitrogens with two attached hydrogens (primary N) is 2. The number of carbonyl (C=O) groups is 4. The maximum absolute atomic E-state index is 14.9. The van der Waals surface area contributed by atoms with Crippen LogP contribution < -0.4 is 20.9 Å². The van der Waals surface area contributed by atoms with Crippen molar-refractivity contribution in [1.82, 2.24) is 89.4 Å². The first-order valence-electron chi connectivity index (χ1n) is 24.8. The van der Waals surface area contributed by atoms with E-state index in [9.17, 15) is 64.5 Å². The van der Waals surface area contributed by atoms with E-state index >= 15 is 0 Å². The smallest absolute Gasteiger partial charge is 0.426 e. The van der Waals surface area contributed by atoms with Crippen LogP contribution in [-0.2, 0) is 23.7 Å². The molecule has 0 spiro atoms. The zero-order valence-electron chi connectivity index (χ0n) is 44.7. The van der Waals surface area contributed by atoms with Crippen LogP contribution in [0.1, 0.15) is 47.4 Å². The minimum atomic E-state index is -5.26. The van der Waals surface area contributed by atoms with Crippen LogP contribution in [-0.4, -0.2) is 199 Å². The van der Waals surface area contributed by atoms with Crippen LogP contribution in [0.15, 0.2) is 49.3 Å². The highest BCUT2D eigenvalue weighted by Gasteiger charge is 2.59. The van der Waals surface area contributed by atoms with Crippen molar-refractivity contribution in [3.63, 3.8) is 0 Å². The highest BCUT2D eigenvalue weighted by atomic mass is 19.4. The number of ether oxygens (including phenoxy) is 2. The van der Waals surface area contributed by atoms with Gasteiger partial charge in [-0.05, 0) is 53.8 Å². The monoisotopic (exact) mass is 1180 g/mol. The van der Waals surface area contributed by atoms with Crippen LogP contribution in [0.25, 0.3) is 56.3 Å². The van der Waals surface area contributed by atoms with E-state index in [1.54, 1.807) is 26.2 Å². The molecule has 0 aliphatic carbocycles. The molecule has 8 aromatic rings. The van der Waals surface area contributed by atoms with Crippen LogP contribution >= 0.6 is 0 Å². The number of aromatic nitrogens is 16. The number of fused-ring (bicyclic) bond motifs is 2. The summed E-state index contributed by atoms with van der Waals surface area (Å²) in [4.78, 5) is 70.5. The Morgan fingerprint density at radius 2 is 1.08 bits per heavy atom. The number of hydrogen-bond donors (Lipinski definition) is 4. The molecule has 84 heavy (non-hydrogen) atoms. The lowest BCUT2D eigenvalue weighted by atomic mass is 9.95. The number of anilines is 2. The summed E-state index contributed by atoms with van der Waals surface area (Å²) in [7, 11) is 5.76. The lowest BCUT2D eigenvalue weighted by molar-refractivity contribution is -0.250. The molecule has 2 amide bonds. The topological polar surface area (TPSA) is 359 Å². The molecule has 6 N–H and O–H groups in total. The van der Waals surface area contributed by atoms with Gasteiger partial charge in [0.15, 0.2) is 29.0 Å². The Labute approximate surface area is 466 Å². The van der Waals surface area contributed by atoms with Gasteiger partial charge in [-0.15, -0.1) is 15.3 Å². The van der Waals surface area contributed by atoms with E-state index in [1.807, 2.05) is 0 Å². The zero-order valence-corrected chi connectivity index (χ0v) is 44.7. The molecule has 0 unspecified atom stereocenters. The van der Waals surface area contributed by atoms with Crippen molar-refractivity contribution in [3.8, 4) is 57.1 Å². The Bertz CT molecular complexity index is 3860. The third kappa shape index (κ3) is 10.8. The van der Waals surface area contributed by atoms with E-state index in [2.05, 4.69) is 61.1 Å². The van der Waals surface area contributed by atoms with Crippen LogP contribution in [0.5, 0.6) is 11.8 Å². The summed E-state index contributed by atoms with van der Waals surface area (Å²) in [5.41, 5.74) is 7.83. The minimum absolute atomic E-state index is 0.0479. The number of nitrogen functional groups attached to an aromatic ring is 2. The molecule has 6 atom stereocenters. The predicted octanol–water partition coefficient (Wildman–Crippen LogP) is 2.51. The number of ketones is 2. The van der Waals surface area contributed by atoms with Crippen molar-refractivity contribution in [2.45, 2.75) is 62.6 Å². The Morgan fingerprint density at radius 1 is 0.643 bits per heavy atom. The predicted molar refractivity (Wildman–Crippen MR) is 271 cm³/mol. The molecule has 10 heterocycles. The maximum atomic E-state index is 14.9. The van der Waals surface area contributed by atoms with Gasteiger partial charge in [-0.3, -0.25) is 19.2 Å². The quantitative estimate of drug-likeness (QED) is 0.0897. The minimum Gasteiger partial charge on any atom is -0.480 e. The Balaban J connectivity index is 0.000000202. The van der Waals surface area contributed by atoms with E-state index in [1.165, 1.54) is 69.9 Å². The van der Waals surface area contributed by atoms with Crippen LogP contribution in [0.2, 0.25) is 0 Å². The summed E-state index contributed by atoms with van der Waals surface area (Å²) in [6.07, 6.45) is -9.83. The third-order valence-electron chi connectivity index (χ3n) is 14.2. The van der Waals surface area contributed by atoms with Gasteiger partial charge in [-0.1, -0.05) is 0 Å². The standard InChI is InChI=1S/2C24H24F4N10O4/c1-23(41,24(26,27)28)22(40)37-8-12(15(25)9-37)5-17(39)13-4-11(7-30-21(13)42-3)18-14(20-33-34-35-36(20)2)6-16-19(29)31-10-32-38(16)18;1-23(41,24(26,27)28)22(40)37-8-12(15(25)9-37)5-17(39)13-4-11(7-30-21(13)42-3)18-14(20-33-35-36(2)34-20)6-16-19(29)31-10-32-38(16)18/h2*4,6-7,10,12,15,41H,5,8-9H2,1-3H3,(H2,29,31,32)/t2*12-,15+,23-/m11/s1. The summed E-state index contributed by atoms with van der Waals surface area (Å²) in [5, 5.41) is 51.7. The van der Waals surface area contributed by atoms with Gasteiger partial charge in [0.25, 0.3) is 11.8 Å². The summed E-state index contributed by atoms with van der Waals surface area (Å²) in [5.74, 6) is -6.25. The van der Waals surface area contributed by atoms with E-state index in [0.29, 0.717) is 74.1 Å². The van der Waals surface area contributed by atoms with E-state index in [4.69, 9.17) is 20.9 Å². The number of Topliss-reactive ketones (excluding diaryl/α,β-unsaturated/α-hetero) is 2. The third-order valence-corrected chi connectivity index (χ3v) is 14.2. The number of carbonyl (C=O) groups excluding carboxylic acids is 4. The van der Waals surface area contributed by atoms with Crippen molar-refractivity contribution in [2.24, 2.45) is 25.9 Å². The second kappa shape index (κ2) is 22.0. The molecule has 2 aliphatic rings. The average Bonchev–Trinajstić information content (AvgIpc) is 2.14. The normalized spacial score (nSPS) is 18.8. The lowest BCUT2D eigenvalue weighted by Gasteiger charge is -2.29. The van der Waals surface area contributed by atoms with Crippen molar-refractivity contribution in [3.05, 3.63) is 60.4 Å². The molecule has 0 saturated carbocycles. The van der Waals surface area contributed by atoms with Crippen LogP contribution in [0, 0.1) is 11.8 Å². The molecule has 8 aromatic heterocycles. The summed E-state index contributed by atoms with van der Waals surface area (Å²) >= 11 is 0. The SMILES string of the molecule is COc1ncc(-c2c(-c3nnn(C)n3)cc3c(N)ncnn23)cc1C(=O)C[C@@H]1CN(C(=O)[C@@](C)(O)C(F)(F)F)C[C@@H]1F.COc1ncc(-c2c(-c3nnnn3C)cc3c(N)ncnn23)cc1C(=O)C[C@@H]1CN(C(=O)[C@@](C)(O)C(F)(F)F)C[C@@H]1F. The number of nitrogens with zero attached hydrogens (tertiary/aromatic N) is 18. The molecule has 444 valence electrons. The molecule has 0 aromatic carbocycles. The molecule has 0 radical (unpaired) electrons. The number of aryl methyl sites for hydroxylation is 2. The first-order chi connectivity index (χ1) is 39.5. The van der Waals surface area contributed by atoms with Crippen molar-refractivity contribution in [1.29, 1.82) is 0 Å². The Kier molecular flexibility index (Phi) is 15.5. The van der Waals surface area contributed by atoms with Crippen molar-refractivity contribution in [2.75, 3.05) is 51.9 Å². The number of amides is 2. The largest absolute Gasteiger partial charge is 0.480 e. The second-order valence-electron chi connectivity index (χ2n) is 19.9. The molecular formula is C48H48F8N20O8. The van der Waals surface area contributed by atoms with E-state index < -0.39 is 110 Å². The molecule has 28 nitrogen and oxygen atoms in total. The van der Waals surface area contributed by atoms with Gasteiger partial charge in [-0.2, -0.15) is 41.3 Å². The highest BCUT2D eigenvalue weighted by molar-refractivity contribution is 6.01. The molecule has 0 bridgehead atoms.